The van der Waals surface area contributed by atoms with Crippen molar-refractivity contribution in [1.29, 1.82) is 0 Å². The Balaban J connectivity index is 0. The molecule has 0 saturated carbocycles. The van der Waals surface area contributed by atoms with E-state index in [9.17, 15) is 0 Å². The summed E-state index contributed by atoms with van der Waals surface area (Å²) >= 11 is 7.54. The third kappa shape index (κ3) is 8.96. The fraction of sp³-hybridized carbons (Fsp3) is 0. The first kappa shape index (κ1) is 10.2. The Labute approximate surface area is 69.0 Å². The van der Waals surface area contributed by atoms with Gasteiger partial charge in [-0.3, -0.25) is 0 Å². The van der Waals surface area contributed by atoms with Crippen LogP contribution in [0.3, 0.4) is 0 Å². The summed E-state index contributed by atoms with van der Waals surface area (Å²) in [5.41, 5.74) is 1.37. The van der Waals surface area contributed by atoms with Crippen molar-refractivity contribution in [3.63, 3.8) is 0 Å². The van der Waals surface area contributed by atoms with Crippen LogP contribution in [0.25, 0.3) is 0 Å². The van der Waals surface area contributed by atoms with Crippen molar-refractivity contribution in [2.24, 2.45) is 0 Å². The molecule has 0 fully saturated rings. The van der Waals surface area contributed by atoms with Gasteiger partial charge in [-0.15, -0.1) is 12.6 Å². The van der Waals surface area contributed by atoms with Gasteiger partial charge in [0, 0.05) is 0 Å². The average Bonchev–Trinajstić information content (AvgIpc) is 1.38. The third-order valence-electron chi connectivity index (χ3n) is 0.0873. The number of thiol groups is 1. The van der Waals surface area contributed by atoms with Crippen LogP contribution in [-0.4, -0.2) is 4.32 Å². The molecule has 0 bridgehead atoms. The molecule has 1 N–H and O–H groups in total. The number of hydrogen-bond donors (Lipinski definition) is 2. The second-order valence-electron chi connectivity index (χ2n) is 0.407. The quantitative estimate of drug-likeness (QED) is 0.162. The van der Waals surface area contributed by atoms with Crippen LogP contribution in [-0.2, 0) is 0 Å². The molecule has 6 heavy (non-hydrogen) atoms. The first-order valence-corrected chi connectivity index (χ1v) is 1.74. The molecule has 30 valence electrons. The van der Waals surface area contributed by atoms with Crippen LogP contribution in [0.4, 0.5) is 0 Å². The van der Waals surface area contributed by atoms with E-state index >= 15 is 0 Å². The molecular weight excluding hydrogens is 129 g/mol. The van der Waals surface area contributed by atoms with E-state index in [-0.39, 0.29) is 33.9 Å². The maximum absolute atomic E-state index is 9.16. The molecule has 0 spiro atoms. The standard InChI is InChI=1S/CH2NOS2.Na/c3-2-1(4)5;/h(H2-,2,3,4,5);/q-1;+1. The zero-order valence-electron chi connectivity index (χ0n) is 3.26. The van der Waals surface area contributed by atoms with Gasteiger partial charge in [-0.25, -0.2) is 0 Å². The van der Waals surface area contributed by atoms with E-state index < -0.39 is 0 Å². The maximum Gasteiger partial charge on any atom is 1.00 e. The van der Waals surface area contributed by atoms with Gasteiger partial charge in [-0.2, -0.15) is 0 Å². The van der Waals surface area contributed by atoms with Gasteiger partial charge in [0.2, 0.25) is 0 Å². The van der Waals surface area contributed by atoms with E-state index in [1.54, 1.807) is 0 Å². The monoisotopic (exact) mass is 131 g/mol. The smallest absolute Gasteiger partial charge is 0.760 e. The first-order chi connectivity index (χ1) is 2.27. The van der Waals surface area contributed by atoms with Gasteiger partial charge >= 0.3 is 29.6 Å². The van der Waals surface area contributed by atoms with E-state index in [2.05, 4.69) is 24.8 Å². The fourth-order valence-corrected chi connectivity index (χ4v) is 0. The van der Waals surface area contributed by atoms with Crippen LogP contribution in [0.15, 0.2) is 0 Å². The van der Waals surface area contributed by atoms with E-state index in [0.717, 1.165) is 0 Å². The van der Waals surface area contributed by atoms with Gasteiger partial charge < -0.3 is 10.7 Å². The summed E-state index contributed by atoms with van der Waals surface area (Å²) in [5, 5.41) is 9.16. The number of nitrogens with one attached hydrogen (secondary N) is 1. The predicted octanol–water partition coefficient (Wildman–Crippen LogP) is -2.71. The largest absolute Gasteiger partial charge is 1.00 e. The normalized spacial score (nSPS) is 5.67. The van der Waals surface area contributed by atoms with Gasteiger partial charge in [0.05, 0.1) is 0 Å². The Morgan fingerprint density at radius 3 is 2.00 bits per heavy atom. The van der Waals surface area contributed by atoms with Crippen molar-refractivity contribution in [1.82, 2.24) is 5.48 Å². The zero-order valence-corrected chi connectivity index (χ0v) is 6.97. The molecule has 0 aliphatic heterocycles. The number of thiocarbonyl (C=S) groups is 1. The van der Waals surface area contributed by atoms with Crippen molar-refractivity contribution >= 4 is 29.2 Å². The summed E-state index contributed by atoms with van der Waals surface area (Å²) < 4.78 is -0.0231. The first-order valence-electron chi connectivity index (χ1n) is 0.882. The molecule has 0 aliphatic rings. The van der Waals surface area contributed by atoms with Crippen LogP contribution < -0.4 is 35.0 Å². The summed E-state index contributed by atoms with van der Waals surface area (Å²) in [4.78, 5) is 0. The number of hydrogen-bond acceptors (Lipinski definition) is 2. The van der Waals surface area contributed by atoms with Crippen molar-refractivity contribution in [3.05, 3.63) is 5.21 Å². The second kappa shape index (κ2) is 6.20. The van der Waals surface area contributed by atoms with Crippen LogP contribution in [0.1, 0.15) is 0 Å². The van der Waals surface area contributed by atoms with E-state index in [1.807, 2.05) is 0 Å². The van der Waals surface area contributed by atoms with Gasteiger partial charge in [0.15, 0.2) is 0 Å². The Bertz CT molecular complexity index is 48.8. The van der Waals surface area contributed by atoms with Crippen LogP contribution in [0.2, 0.25) is 0 Å². The molecule has 0 rings (SSSR count). The van der Waals surface area contributed by atoms with Gasteiger partial charge in [-0.05, 0) is 0 Å². The molecular formula is CH2NNaOS2. The fourth-order valence-electron chi connectivity index (χ4n) is 0. The minimum absolute atomic E-state index is 0. The third-order valence-corrected chi connectivity index (χ3v) is 0.262. The Morgan fingerprint density at radius 1 is 1.83 bits per heavy atom. The minimum atomic E-state index is -0.0231. The van der Waals surface area contributed by atoms with Gasteiger partial charge in [-0.1, -0.05) is 12.2 Å². The molecule has 0 saturated heterocycles. The molecule has 0 amide bonds. The van der Waals surface area contributed by atoms with E-state index in [4.69, 9.17) is 5.21 Å². The van der Waals surface area contributed by atoms with Crippen LogP contribution in [0, 0.1) is 5.21 Å². The molecule has 0 aromatic rings. The van der Waals surface area contributed by atoms with Gasteiger partial charge in [0.1, 0.15) is 4.32 Å². The van der Waals surface area contributed by atoms with Crippen LogP contribution >= 0.6 is 24.8 Å². The summed E-state index contributed by atoms with van der Waals surface area (Å²) in [5.74, 6) is 0. The van der Waals surface area contributed by atoms with Crippen molar-refractivity contribution in [2.45, 2.75) is 0 Å². The molecule has 5 heteroatoms. The molecule has 2 nitrogen and oxygen atoms in total. The average molecular weight is 131 g/mol. The van der Waals surface area contributed by atoms with E-state index in [0.29, 0.717) is 0 Å². The predicted molar refractivity (Wildman–Crippen MR) is 28.1 cm³/mol. The number of hydroxylamine groups is 1. The molecule has 0 radical (unpaired) electrons. The molecule has 0 atom stereocenters. The second-order valence-corrected chi connectivity index (χ2v) is 1.57. The summed E-state index contributed by atoms with van der Waals surface area (Å²) in [6, 6.07) is 0. The molecule has 0 heterocycles. The molecule has 0 aromatic carbocycles. The SMILES string of the molecule is [Na+].[O-]NC(=S)S. The van der Waals surface area contributed by atoms with Gasteiger partial charge in [0.25, 0.3) is 0 Å². The summed E-state index contributed by atoms with van der Waals surface area (Å²) in [7, 11) is 0. The Morgan fingerprint density at radius 2 is 2.00 bits per heavy atom. The van der Waals surface area contributed by atoms with E-state index in [1.165, 1.54) is 5.48 Å². The molecule has 0 aliphatic carbocycles. The number of rotatable bonds is 0. The zero-order chi connectivity index (χ0) is 4.28. The molecule has 0 unspecified atom stereocenters. The van der Waals surface area contributed by atoms with Crippen molar-refractivity contribution in [2.75, 3.05) is 0 Å². The maximum atomic E-state index is 9.16. The summed E-state index contributed by atoms with van der Waals surface area (Å²) in [6.07, 6.45) is 0. The van der Waals surface area contributed by atoms with Crippen molar-refractivity contribution in [3.8, 4) is 0 Å². The minimum Gasteiger partial charge on any atom is -0.760 e. The van der Waals surface area contributed by atoms with Crippen LogP contribution in [0.5, 0.6) is 0 Å². The Kier molecular flexibility index (Phi) is 10.6. The molecule has 0 aromatic heterocycles. The topological polar surface area (TPSA) is 35.1 Å². The Hall–Kier alpha value is 1.20. The summed E-state index contributed by atoms with van der Waals surface area (Å²) in [6.45, 7) is 0. The van der Waals surface area contributed by atoms with Crippen molar-refractivity contribution < 1.29 is 29.6 Å².